The largest absolute Gasteiger partial charge is 0.390 e. The highest BCUT2D eigenvalue weighted by molar-refractivity contribution is 5.79. The number of guanidine groups is 1. The van der Waals surface area contributed by atoms with Crippen LogP contribution in [0.2, 0.25) is 0 Å². The Hall–Kier alpha value is -1.20. The molecule has 0 saturated carbocycles. The fourth-order valence-corrected chi connectivity index (χ4v) is 1.85. The summed E-state index contributed by atoms with van der Waals surface area (Å²) in [4.78, 5) is 3.88. The van der Waals surface area contributed by atoms with Crippen molar-refractivity contribution in [1.82, 2.24) is 10.6 Å². The Labute approximate surface area is 106 Å². The van der Waals surface area contributed by atoms with Crippen LogP contribution in [-0.4, -0.2) is 32.3 Å². The molecular weight excluding hydrogens is 243 g/mol. The van der Waals surface area contributed by atoms with E-state index < -0.39 is 12.6 Å². The molecule has 0 aliphatic heterocycles. The molecule has 0 amide bonds. The maximum absolute atomic E-state index is 12.0. The molecule has 0 radical (unpaired) electrons. The van der Waals surface area contributed by atoms with Gasteiger partial charge in [-0.3, -0.25) is 4.99 Å². The van der Waals surface area contributed by atoms with Crippen LogP contribution in [-0.2, 0) is 0 Å². The van der Waals surface area contributed by atoms with Crippen LogP contribution in [0.1, 0.15) is 32.1 Å². The molecule has 1 aliphatic rings. The predicted octanol–water partition coefficient (Wildman–Crippen LogP) is 2.60. The topological polar surface area (TPSA) is 36.4 Å². The molecule has 1 aliphatic carbocycles. The first-order valence-electron chi connectivity index (χ1n) is 6.20. The maximum Gasteiger partial charge on any atom is 0.390 e. The van der Waals surface area contributed by atoms with E-state index in [1.165, 1.54) is 12.0 Å². The molecule has 0 heterocycles. The summed E-state index contributed by atoms with van der Waals surface area (Å²) in [6, 6.07) is 0. The summed E-state index contributed by atoms with van der Waals surface area (Å²) in [5, 5.41) is 5.66. The van der Waals surface area contributed by atoms with Crippen molar-refractivity contribution in [3.8, 4) is 0 Å². The van der Waals surface area contributed by atoms with Crippen LogP contribution in [0.5, 0.6) is 0 Å². The lowest BCUT2D eigenvalue weighted by atomic mass is 10.2. The molecule has 0 fully saturated rings. The second kappa shape index (κ2) is 7.28. The molecule has 0 aromatic rings. The molecule has 0 saturated heterocycles. The molecule has 104 valence electrons. The van der Waals surface area contributed by atoms with Crippen molar-refractivity contribution in [2.24, 2.45) is 4.99 Å². The summed E-state index contributed by atoms with van der Waals surface area (Å²) in [5.41, 5.74) is 1.42. The number of rotatable bonds is 5. The van der Waals surface area contributed by atoms with Crippen LogP contribution in [0.15, 0.2) is 16.6 Å². The Bertz CT molecular complexity index is 308. The molecular formula is C12H20F3N3. The molecule has 0 aromatic carbocycles. The highest BCUT2D eigenvalue weighted by Gasteiger charge is 2.26. The Morgan fingerprint density at radius 3 is 2.61 bits per heavy atom. The lowest BCUT2D eigenvalue weighted by Crippen LogP contribution is -2.39. The molecule has 6 heteroatoms. The first-order valence-corrected chi connectivity index (χ1v) is 6.20. The van der Waals surface area contributed by atoms with Gasteiger partial charge >= 0.3 is 6.18 Å². The lowest BCUT2D eigenvalue weighted by molar-refractivity contribution is -0.132. The molecule has 18 heavy (non-hydrogen) atoms. The van der Waals surface area contributed by atoms with Crippen LogP contribution in [0.3, 0.4) is 0 Å². The molecule has 0 unspecified atom stereocenters. The van der Waals surface area contributed by atoms with Crippen molar-refractivity contribution < 1.29 is 13.2 Å². The number of allylic oxidation sites excluding steroid dienone is 1. The fraction of sp³-hybridized carbons (Fsp3) is 0.750. The zero-order valence-electron chi connectivity index (χ0n) is 10.6. The minimum atomic E-state index is -4.12. The third kappa shape index (κ3) is 6.51. The number of nitrogens with zero attached hydrogens (tertiary/aromatic N) is 1. The van der Waals surface area contributed by atoms with Gasteiger partial charge in [-0.1, -0.05) is 11.6 Å². The summed E-state index contributed by atoms with van der Waals surface area (Å²) < 4.78 is 35.9. The van der Waals surface area contributed by atoms with E-state index in [0.717, 1.165) is 19.3 Å². The predicted molar refractivity (Wildman–Crippen MR) is 66.6 cm³/mol. The third-order valence-electron chi connectivity index (χ3n) is 2.80. The average Bonchev–Trinajstić information content (AvgIpc) is 2.78. The van der Waals surface area contributed by atoms with E-state index in [0.29, 0.717) is 12.5 Å². The number of hydrogen-bond donors (Lipinski definition) is 2. The minimum Gasteiger partial charge on any atom is -0.356 e. The van der Waals surface area contributed by atoms with E-state index in [9.17, 15) is 13.2 Å². The van der Waals surface area contributed by atoms with Crippen molar-refractivity contribution in [3.05, 3.63) is 11.6 Å². The Morgan fingerprint density at radius 1 is 1.33 bits per heavy atom. The van der Waals surface area contributed by atoms with Gasteiger partial charge in [0.2, 0.25) is 0 Å². The zero-order chi connectivity index (χ0) is 13.4. The number of halogens is 3. The van der Waals surface area contributed by atoms with Gasteiger partial charge in [0.05, 0.1) is 6.42 Å². The SMILES string of the molecule is CN=C(NCCC1=CCCC1)NCCC(F)(F)F. The van der Waals surface area contributed by atoms with E-state index in [2.05, 4.69) is 21.7 Å². The third-order valence-corrected chi connectivity index (χ3v) is 2.80. The summed E-state index contributed by atoms with van der Waals surface area (Å²) in [6.07, 6.45) is 1.70. The van der Waals surface area contributed by atoms with Gasteiger partial charge in [-0.25, -0.2) is 0 Å². The second-order valence-corrected chi connectivity index (χ2v) is 4.30. The first kappa shape index (κ1) is 14.9. The summed E-state index contributed by atoms with van der Waals surface area (Å²) in [6.45, 7) is 0.559. The van der Waals surface area contributed by atoms with Gasteiger partial charge in [-0.15, -0.1) is 0 Å². The molecule has 0 spiro atoms. The standard InChI is InChI=1S/C12H20F3N3/c1-16-11(18-9-7-12(13,14)15)17-8-6-10-4-2-3-5-10/h4H,2-3,5-9H2,1H3,(H2,16,17,18). The van der Waals surface area contributed by atoms with Crippen molar-refractivity contribution in [2.75, 3.05) is 20.1 Å². The zero-order valence-corrected chi connectivity index (χ0v) is 10.6. The van der Waals surface area contributed by atoms with Gasteiger partial charge in [-0.05, 0) is 25.7 Å². The van der Waals surface area contributed by atoms with Gasteiger partial charge < -0.3 is 10.6 Å². The number of alkyl halides is 3. The number of aliphatic imine (C=N–C) groups is 1. The smallest absolute Gasteiger partial charge is 0.356 e. The van der Waals surface area contributed by atoms with Crippen LogP contribution < -0.4 is 10.6 Å². The summed E-state index contributed by atoms with van der Waals surface area (Å²) in [5.74, 6) is 0.429. The Morgan fingerprint density at radius 2 is 2.06 bits per heavy atom. The van der Waals surface area contributed by atoms with E-state index in [4.69, 9.17) is 0 Å². The van der Waals surface area contributed by atoms with Gasteiger partial charge in [-0.2, -0.15) is 13.2 Å². The number of hydrogen-bond acceptors (Lipinski definition) is 1. The van der Waals surface area contributed by atoms with E-state index >= 15 is 0 Å². The van der Waals surface area contributed by atoms with Gasteiger partial charge in [0.15, 0.2) is 5.96 Å². The second-order valence-electron chi connectivity index (χ2n) is 4.30. The van der Waals surface area contributed by atoms with Gasteiger partial charge in [0.1, 0.15) is 0 Å². The number of nitrogens with one attached hydrogen (secondary N) is 2. The summed E-state index contributed by atoms with van der Waals surface area (Å²) in [7, 11) is 1.55. The van der Waals surface area contributed by atoms with Crippen molar-refractivity contribution in [2.45, 2.75) is 38.3 Å². The molecule has 0 atom stereocenters. The van der Waals surface area contributed by atoms with Crippen molar-refractivity contribution in [1.29, 1.82) is 0 Å². The Kier molecular flexibility index (Phi) is 6.01. The molecule has 0 bridgehead atoms. The van der Waals surface area contributed by atoms with Crippen molar-refractivity contribution >= 4 is 5.96 Å². The first-order chi connectivity index (χ1) is 8.51. The molecule has 3 nitrogen and oxygen atoms in total. The average molecular weight is 263 g/mol. The highest BCUT2D eigenvalue weighted by Crippen LogP contribution is 2.19. The van der Waals surface area contributed by atoms with Gasteiger partial charge in [0, 0.05) is 20.1 Å². The van der Waals surface area contributed by atoms with E-state index in [1.54, 1.807) is 7.05 Å². The van der Waals surface area contributed by atoms with Crippen molar-refractivity contribution in [3.63, 3.8) is 0 Å². The van der Waals surface area contributed by atoms with E-state index in [-0.39, 0.29) is 6.54 Å². The maximum atomic E-state index is 12.0. The minimum absolute atomic E-state index is 0.147. The Balaban J connectivity index is 2.14. The van der Waals surface area contributed by atoms with E-state index in [1.807, 2.05) is 0 Å². The lowest BCUT2D eigenvalue weighted by Gasteiger charge is -2.13. The molecule has 0 aromatic heterocycles. The fourth-order valence-electron chi connectivity index (χ4n) is 1.85. The molecule has 1 rings (SSSR count). The monoisotopic (exact) mass is 263 g/mol. The summed E-state index contributed by atoms with van der Waals surface area (Å²) >= 11 is 0. The molecule has 2 N–H and O–H groups in total. The van der Waals surface area contributed by atoms with Crippen LogP contribution in [0.25, 0.3) is 0 Å². The van der Waals surface area contributed by atoms with Crippen LogP contribution in [0.4, 0.5) is 13.2 Å². The van der Waals surface area contributed by atoms with Crippen LogP contribution >= 0.6 is 0 Å². The normalized spacial score (nSPS) is 16.7. The highest BCUT2D eigenvalue weighted by atomic mass is 19.4. The van der Waals surface area contributed by atoms with Gasteiger partial charge in [0.25, 0.3) is 0 Å². The van der Waals surface area contributed by atoms with Crippen LogP contribution in [0, 0.1) is 0 Å². The quantitative estimate of drug-likeness (QED) is 0.454.